The van der Waals surface area contributed by atoms with Crippen LogP contribution in [0.4, 0.5) is 4.79 Å². The highest BCUT2D eigenvalue weighted by Crippen LogP contribution is 2.24. The molecule has 124 valence electrons. The van der Waals surface area contributed by atoms with Crippen LogP contribution in [-0.4, -0.2) is 16.3 Å². The highest BCUT2D eigenvalue weighted by atomic mass is 16.6. The Morgan fingerprint density at radius 1 is 1.00 bits per heavy atom. The van der Waals surface area contributed by atoms with Crippen molar-refractivity contribution in [2.24, 2.45) is 0 Å². The number of para-hydroxylation sites is 2. The van der Waals surface area contributed by atoms with Crippen LogP contribution < -0.4 is 4.74 Å². The average Bonchev–Trinajstić information content (AvgIpc) is 2.91. The quantitative estimate of drug-likeness (QED) is 0.681. The van der Waals surface area contributed by atoms with Gasteiger partial charge in [-0.2, -0.15) is 0 Å². The molecule has 0 aliphatic carbocycles. The van der Waals surface area contributed by atoms with Gasteiger partial charge in [0.05, 0.1) is 5.52 Å². The maximum Gasteiger partial charge on any atom is 0.419 e. The first-order valence-electron chi connectivity index (χ1n) is 7.94. The van der Waals surface area contributed by atoms with Crippen molar-refractivity contribution < 1.29 is 14.3 Å². The second-order valence-electron chi connectivity index (χ2n) is 6.62. The summed E-state index contributed by atoms with van der Waals surface area (Å²) in [4.78, 5) is 12.5. The second-order valence-corrected chi connectivity index (χ2v) is 6.62. The lowest BCUT2D eigenvalue weighted by Crippen LogP contribution is -2.26. The summed E-state index contributed by atoms with van der Waals surface area (Å²) < 4.78 is 12.9. The molecule has 4 heteroatoms. The van der Waals surface area contributed by atoms with E-state index in [1.807, 2.05) is 75.4 Å². The Bertz CT molecular complexity index is 844. The van der Waals surface area contributed by atoms with Crippen LogP contribution >= 0.6 is 0 Å². The molecule has 0 unspecified atom stereocenters. The maximum atomic E-state index is 12.5. The van der Waals surface area contributed by atoms with Gasteiger partial charge < -0.3 is 9.47 Å². The third-order valence-corrected chi connectivity index (χ3v) is 3.52. The summed E-state index contributed by atoms with van der Waals surface area (Å²) >= 11 is 0. The lowest BCUT2D eigenvalue weighted by Gasteiger charge is -2.19. The Morgan fingerprint density at radius 3 is 2.38 bits per heavy atom. The highest BCUT2D eigenvalue weighted by Gasteiger charge is 2.20. The fourth-order valence-electron chi connectivity index (χ4n) is 2.51. The van der Waals surface area contributed by atoms with E-state index in [9.17, 15) is 4.79 Å². The van der Waals surface area contributed by atoms with Gasteiger partial charge in [-0.3, -0.25) is 4.57 Å². The van der Waals surface area contributed by atoms with Crippen LogP contribution in [0.15, 0.2) is 60.8 Å². The number of ether oxygens (including phenoxy) is 2. The number of nitrogens with zero attached hydrogens (tertiary/aromatic N) is 1. The molecule has 0 fully saturated rings. The fraction of sp³-hybridized carbons (Fsp3) is 0.250. The molecule has 0 saturated heterocycles. The smallest absolute Gasteiger partial charge is 0.419 e. The van der Waals surface area contributed by atoms with Gasteiger partial charge in [0.1, 0.15) is 18.0 Å². The van der Waals surface area contributed by atoms with Crippen LogP contribution in [0.2, 0.25) is 0 Å². The Balaban J connectivity index is 1.90. The Labute approximate surface area is 141 Å². The summed E-state index contributed by atoms with van der Waals surface area (Å²) in [5.74, 6) is 0.798. The van der Waals surface area contributed by atoms with Gasteiger partial charge in [0.15, 0.2) is 0 Å². The van der Waals surface area contributed by atoms with E-state index < -0.39 is 5.60 Å². The van der Waals surface area contributed by atoms with Crippen LogP contribution in [0.25, 0.3) is 10.9 Å². The molecule has 0 aliphatic heterocycles. The number of benzene rings is 2. The molecule has 3 rings (SSSR count). The van der Waals surface area contributed by atoms with Crippen LogP contribution in [0.5, 0.6) is 5.75 Å². The van der Waals surface area contributed by atoms with Gasteiger partial charge >= 0.3 is 6.09 Å². The van der Waals surface area contributed by atoms with Crippen molar-refractivity contribution in [3.63, 3.8) is 0 Å². The number of carbonyl (C=O) groups is 1. The third kappa shape index (κ3) is 3.59. The van der Waals surface area contributed by atoms with E-state index in [0.29, 0.717) is 6.61 Å². The Morgan fingerprint density at radius 2 is 1.67 bits per heavy atom. The average molecular weight is 323 g/mol. The molecule has 2 aromatic carbocycles. The first kappa shape index (κ1) is 16.1. The molecule has 3 aromatic rings. The molecular formula is C20H21NO3. The molecule has 0 radical (unpaired) electrons. The predicted octanol–water partition coefficient (Wildman–Crippen LogP) is 5.00. The number of fused-ring (bicyclic) bond motifs is 1. The molecule has 0 amide bonds. The van der Waals surface area contributed by atoms with Crippen LogP contribution in [-0.2, 0) is 11.3 Å². The molecule has 0 aliphatic rings. The SMILES string of the molecule is CC(C)(C)OC(=O)n1cc(COc2ccccc2)c2ccccc21. The first-order chi connectivity index (χ1) is 11.4. The summed E-state index contributed by atoms with van der Waals surface area (Å²) in [6.45, 7) is 5.96. The van der Waals surface area contributed by atoms with Crippen molar-refractivity contribution in [1.29, 1.82) is 0 Å². The van der Waals surface area contributed by atoms with Crippen molar-refractivity contribution >= 4 is 17.0 Å². The maximum absolute atomic E-state index is 12.5. The molecule has 24 heavy (non-hydrogen) atoms. The molecular weight excluding hydrogens is 302 g/mol. The first-order valence-corrected chi connectivity index (χ1v) is 7.94. The zero-order chi connectivity index (χ0) is 17.2. The lowest BCUT2D eigenvalue weighted by molar-refractivity contribution is 0.0544. The van der Waals surface area contributed by atoms with Gasteiger partial charge in [0, 0.05) is 17.1 Å². The molecule has 0 saturated carbocycles. The number of carbonyl (C=O) groups excluding carboxylic acids is 1. The van der Waals surface area contributed by atoms with Crippen molar-refractivity contribution in [3.05, 3.63) is 66.4 Å². The molecule has 1 heterocycles. The molecule has 1 aromatic heterocycles. The van der Waals surface area contributed by atoms with Gasteiger partial charge in [-0.15, -0.1) is 0 Å². The second kappa shape index (κ2) is 6.40. The van der Waals surface area contributed by atoms with Gasteiger partial charge in [0.2, 0.25) is 0 Å². The topological polar surface area (TPSA) is 40.5 Å². The summed E-state index contributed by atoms with van der Waals surface area (Å²) in [5.41, 5.74) is 1.22. The molecule has 0 bridgehead atoms. The van der Waals surface area contributed by atoms with Gasteiger partial charge in [-0.1, -0.05) is 36.4 Å². The lowest BCUT2D eigenvalue weighted by atomic mass is 10.2. The van der Waals surface area contributed by atoms with Crippen molar-refractivity contribution in [2.45, 2.75) is 33.0 Å². The normalized spacial score (nSPS) is 11.5. The van der Waals surface area contributed by atoms with E-state index in [1.165, 1.54) is 0 Å². The Kier molecular flexibility index (Phi) is 4.30. The van der Waals surface area contributed by atoms with Gasteiger partial charge in [0.25, 0.3) is 0 Å². The minimum Gasteiger partial charge on any atom is -0.489 e. The minimum atomic E-state index is -0.539. The van der Waals surface area contributed by atoms with Crippen molar-refractivity contribution in [2.75, 3.05) is 0 Å². The summed E-state index contributed by atoms with van der Waals surface area (Å²) in [5, 5.41) is 0.985. The van der Waals surface area contributed by atoms with Crippen LogP contribution in [0.1, 0.15) is 26.3 Å². The van der Waals surface area contributed by atoms with Crippen molar-refractivity contribution in [1.82, 2.24) is 4.57 Å². The largest absolute Gasteiger partial charge is 0.489 e. The van der Waals surface area contributed by atoms with Crippen molar-refractivity contribution in [3.8, 4) is 5.75 Å². The van der Waals surface area contributed by atoms with E-state index in [-0.39, 0.29) is 6.09 Å². The van der Waals surface area contributed by atoms with Gasteiger partial charge in [-0.25, -0.2) is 4.79 Å². The Hall–Kier alpha value is -2.75. The van der Waals surface area contributed by atoms with E-state index in [4.69, 9.17) is 9.47 Å². The molecule has 0 atom stereocenters. The number of rotatable bonds is 3. The van der Waals surface area contributed by atoms with E-state index in [1.54, 1.807) is 10.8 Å². The van der Waals surface area contributed by atoms with Crippen LogP contribution in [0.3, 0.4) is 0 Å². The van der Waals surface area contributed by atoms with Gasteiger partial charge in [-0.05, 0) is 39.0 Å². The fourth-order valence-corrected chi connectivity index (χ4v) is 2.51. The number of hydrogen-bond donors (Lipinski definition) is 0. The zero-order valence-corrected chi connectivity index (χ0v) is 14.2. The van der Waals surface area contributed by atoms with Crippen LogP contribution in [0, 0.1) is 0 Å². The molecule has 0 N–H and O–H groups in total. The number of aromatic nitrogens is 1. The summed E-state index contributed by atoms with van der Waals surface area (Å²) in [6.07, 6.45) is 1.41. The summed E-state index contributed by atoms with van der Waals surface area (Å²) in [7, 11) is 0. The number of hydrogen-bond acceptors (Lipinski definition) is 3. The minimum absolute atomic E-state index is 0.385. The third-order valence-electron chi connectivity index (χ3n) is 3.52. The van der Waals surface area contributed by atoms with E-state index >= 15 is 0 Å². The monoisotopic (exact) mass is 323 g/mol. The molecule has 4 nitrogen and oxygen atoms in total. The van der Waals surface area contributed by atoms with E-state index in [2.05, 4.69) is 0 Å². The standard InChI is InChI=1S/C20H21NO3/c1-20(2,3)24-19(22)21-13-15(17-11-7-8-12-18(17)21)14-23-16-9-5-4-6-10-16/h4-13H,14H2,1-3H3. The summed E-state index contributed by atoms with van der Waals surface area (Å²) in [6, 6.07) is 17.4. The molecule has 0 spiro atoms. The predicted molar refractivity (Wildman–Crippen MR) is 94.3 cm³/mol. The zero-order valence-electron chi connectivity index (χ0n) is 14.2. The van der Waals surface area contributed by atoms with E-state index in [0.717, 1.165) is 22.2 Å². The highest BCUT2D eigenvalue weighted by molar-refractivity contribution is 5.92.